The largest absolute Gasteiger partial charge is 0.435 e. The van der Waals surface area contributed by atoms with Gasteiger partial charge in [-0.05, 0) is 55.0 Å². The van der Waals surface area contributed by atoms with Crippen LogP contribution in [0.5, 0.6) is 5.75 Å². The summed E-state index contributed by atoms with van der Waals surface area (Å²) in [7, 11) is -0.953. The topological polar surface area (TPSA) is 71.8 Å². The third-order valence-corrected chi connectivity index (χ3v) is 6.67. The number of halogens is 2. The summed E-state index contributed by atoms with van der Waals surface area (Å²) in [5, 5.41) is 3.28. The smallest absolute Gasteiger partial charge is 0.387 e. The number of fused-ring (bicyclic) bond motifs is 1. The Labute approximate surface area is 185 Å². The number of rotatable bonds is 6. The third kappa shape index (κ3) is 4.01. The number of alkyl halides is 2. The van der Waals surface area contributed by atoms with Crippen molar-refractivity contribution in [2.45, 2.75) is 13.0 Å². The summed E-state index contributed by atoms with van der Waals surface area (Å²) in [4.78, 5) is 8.90. The molecular formula is C22H19F2N5O2S. The third-order valence-electron chi connectivity index (χ3n) is 5.15. The van der Waals surface area contributed by atoms with E-state index < -0.39 is 17.6 Å². The number of nitrogens with one attached hydrogen (secondary N) is 1. The van der Waals surface area contributed by atoms with Crippen molar-refractivity contribution >= 4 is 33.8 Å². The Morgan fingerprint density at radius 3 is 2.53 bits per heavy atom. The van der Waals surface area contributed by atoms with Crippen LogP contribution in [0, 0.1) is 0 Å². The van der Waals surface area contributed by atoms with Crippen LogP contribution in [0.15, 0.2) is 67.1 Å². The lowest BCUT2D eigenvalue weighted by atomic mass is 10.1. The molecule has 1 fully saturated rings. The van der Waals surface area contributed by atoms with Crippen molar-refractivity contribution in [2.24, 2.45) is 0 Å². The molecule has 2 aromatic carbocycles. The Kier molecular flexibility index (Phi) is 5.44. The zero-order valence-corrected chi connectivity index (χ0v) is 17.6. The van der Waals surface area contributed by atoms with Crippen molar-refractivity contribution in [3.63, 3.8) is 0 Å². The molecule has 1 aliphatic heterocycles. The molecule has 0 saturated carbocycles. The summed E-state index contributed by atoms with van der Waals surface area (Å²) < 4.78 is 45.0. The van der Waals surface area contributed by atoms with E-state index in [9.17, 15) is 13.0 Å². The first-order valence-electron chi connectivity index (χ1n) is 9.99. The van der Waals surface area contributed by atoms with E-state index in [0.29, 0.717) is 17.2 Å². The lowest BCUT2D eigenvalue weighted by molar-refractivity contribution is -0.0498. The molecule has 0 spiro atoms. The first-order chi connectivity index (χ1) is 15.6. The maximum Gasteiger partial charge on any atom is 0.387 e. The Morgan fingerprint density at radius 1 is 1.06 bits per heavy atom. The van der Waals surface area contributed by atoms with Crippen LogP contribution < -0.4 is 14.4 Å². The highest BCUT2D eigenvalue weighted by molar-refractivity contribution is 7.86. The predicted molar refractivity (Wildman–Crippen MR) is 120 cm³/mol. The molecule has 4 aromatic rings. The van der Waals surface area contributed by atoms with Crippen LogP contribution in [-0.4, -0.2) is 37.5 Å². The minimum absolute atomic E-state index is 0.0998. The number of nitrogens with zero attached hydrogens (tertiary/aromatic N) is 4. The summed E-state index contributed by atoms with van der Waals surface area (Å²) in [6.45, 7) is -2.06. The molecule has 0 radical (unpaired) electrons. The van der Waals surface area contributed by atoms with E-state index in [2.05, 4.69) is 20.0 Å². The minimum Gasteiger partial charge on any atom is -0.435 e. The number of hydrogen-bond acceptors (Lipinski definition) is 5. The average Bonchev–Trinajstić information content (AvgIpc) is 3.41. The van der Waals surface area contributed by atoms with Crippen LogP contribution in [0.25, 0.3) is 16.9 Å². The zero-order chi connectivity index (χ0) is 22.1. The van der Waals surface area contributed by atoms with E-state index in [-0.39, 0.29) is 5.75 Å². The highest BCUT2D eigenvalue weighted by Crippen LogP contribution is 2.28. The van der Waals surface area contributed by atoms with Gasteiger partial charge >= 0.3 is 6.61 Å². The van der Waals surface area contributed by atoms with Gasteiger partial charge in [0.15, 0.2) is 11.5 Å². The predicted octanol–water partition coefficient (Wildman–Crippen LogP) is 4.62. The van der Waals surface area contributed by atoms with E-state index in [1.54, 1.807) is 30.7 Å². The van der Waals surface area contributed by atoms with Gasteiger partial charge in [-0.1, -0.05) is 0 Å². The fourth-order valence-electron chi connectivity index (χ4n) is 3.67. The van der Waals surface area contributed by atoms with Gasteiger partial charge in [0.05, 0.1) is 11.9 Å². The van der Waals surface area contributed by atoms with Gasteiger partial charge in [-0.3, -0.25) is 8.71 Å². The fraction of sp³-hybridized carbons (Fsp3) is 0.182. The van der Waals surface area contributed by atoms with Gasteiger partial charge in [0.2, 0.25) is 0 Å². The second-order valence-electron chi connectivity index (χ2n) is 7.17. The quantitative estimate of drug-likeness (QED) is 0.460. The van der Waals surface area contributed by atoms with Gasteiger partial charge in [0.1, 0.15) is 16.7 Å². The van der Waals surface area contributed by atoms with E-state index >= 15 is 0 Å². The standard InChI is InChI=1S/C22H19F2N5O2S/c23-22(24)31-18-8-2-15(3-9-18)19-14-26-21-20(25-10-12-28(19)21)27-16-4-6-17(7-5-16)29-11-1-13-32(29)30/h2-10,12,14,22H,1,11,13H2,(H,25,27). The molecule has 5 rings (SSSR count). The van der Waals surface area contributed by atoms with Gasteiger partial charge in [-0.25, -0.2) is 14.2 Å². The summed E-state index contributed by atoms with van der Waals surface area (Å²) in [6.07, 6.45) is 6.09. The molecule has 1 saturated heterocycles. The maximum absolute atomic E-state index is 12.4. The van der Waals surface area contributed by atoms with E-state index in [1.165, 1.54) is 12.1 Å². The number of benzene rings is 2. The van der Waals surface area contributed by atoms with Crippen LogP contribution in [0.3, 0.4) is 0 Å². The van der Waals surface area contributed by atoms with Crippen molar-refractivity contribution < 1.29 is 17.7 Å². The van der Waals surface area contributed by atoms with E-state index in [0.717, 1.165) is 35.6 Å². The van der Waals surface area contributed by atoms with Crippen molar-refractivity contribution in [3.05, 3.63) is 67.1 Å². The molecule has 32 heavy (non-hydrogen) atoms. The van der Waals surface area contributed by atoms with Crippen LogP contribution in [0.2, 0.25) is 0 Å². The first-order valence-corrected chi connectivity index (χ1v) is 11.3. The van der Waals surface area contributed by atoms with Gasteiger partial charge in [-0.15, -0.1) is 0 Å². The SMILES string of the molecule is O=S1CCCN1c1ccc(Nc2nccn3c(-c4ccc(OC(F)F)cc4)cnc23)cc1. The molecule has 3 heterocycles. The van der Waals surface area contributed by atoms with Crippen molar-refractivity contribution in [3.8, 4) is 17.0 Å². The van der Waals surface area contributed by atoms with Gasteiger partial charge in [-0.2, -0.15) is 8.78 Å². The molecule has 0 aliphatic carbocycles. The minimum atomic E-state index is -2.86. The molecule has 0 amide bonds. The number of hydrogen-bond donors (Lipinski definition) is 1. The van der Waals surface area contributed by atoms with Crippen LogP contribution in [-0.2, 0) is 11.0 Å². The average molecular weight is 455 g/mol. The first kappa shape index (κ1) is 20.4. The summed E-state index contributed by atoms with van der Waals surface area (Å²) in [6, 6.07) is 14.1. The molecule has 7 nitrogen and oxygen atoms in total. The van der Waals surface area contributed by atoms with Crippen molar-refractivity contribution in [2.75, 3.05) is 21.9 Å². The molecule has 1 N–H and O–H groups in total. The second kappa shape index (κ2) is 8.54. The molecule has 10 heteroatoms. The number of anilines is 3. The molecule has 2 aromatic heterocycles. The maximum atomic E-state index is 12.4. The lowest BCUT2D eigenvalue weighted by Crippen LogP contribution is -2.19. The van der Waals surface area contributed by atoms with Gasteiger partial charge in [0.25, 0.3) is 0 Å². The monoisotopic (exact) mass is 455 g/mol. The molecule has 1 unspecified atom stereocenters. The molecule has 0 bridgehead atoms. The van der Waals surface area contributed by atoms with E-state index in [1.807, 2.05) is 33.0 Å². The highest BCUT2D eigenvalue weighted by atomic mass is 32.2. The van der Waals surface area contributed by atoms with Crippen molar-refractivity contribution in [1.82, 2.24) is 14.4 Å². The van der Waals surface area contributed by atoms with Gasteiger partial charge in [0, 0.05) is 41.6 Å². The normalized spacial score (nSPS) is 16.1. The summed E-state index contributed by atoms with van der Waals surface area (Å²) >= 11 is 0. The lowest BCUT2D eigenvalue weighted by Gasteiger charge is -2.16. The van der Waals surface area contributed by atoms with Crippen molar-refractivity contribution in [1.29, 1.82) is 0 Å². The number of ether oxygens (including phenoxy) is 1. The highest BCUT2D eigenvalue weighted by Gasteiger charge is 2.20. The van der Waals surface area contributed by atoms with E-state index in [4.69, 9.17) is 0 Å². The number of aromatic nitrogens is 3. The Morgan fingerprint density at radius 2 is 1.84 bits per heavy atom. The van der Waals surface area contributed by atoms with Crippen LogP contribution in [0.4, 0.5) is 26.0 Å². The molecular weight excluding hydrogens is 436 g/mol. The molecule has 1 atom stereocenters. The molecule has 1 aliphatic rings. The van der Waals surface area contributed by atoms with Gasteiger partial charge < -0.3 is 10.1 Å². The van der Waals surface area contributed by atoms with Crippen LogP contribution >= 0.6 is 0 Å². The summed E-state index contributed by atoms with van der Waals surface area (Å²) in [5.74, 6) is 1.38. The Hall–Kier alpha value is -3.53. The number of imidazole rings is 1. The van der Waals surface area contributed by atoms with Crippen LogP contribution in [0.1, 0.15) is 6.42 Å². The Balaban J connectivity index is 1.39. The molecule has 164 valence electrons. The fourth-order valence-corrected chi connectivity index (χ4v) is 4.95. The second-order valence-corrected chi connectivity index (χ2v) is 8.66. The zero-order valence-electron chi connectivity index (χ0n) is 16.8. The summed E-state index contributed by atoms with van der Waals surface area (Å²) in [5.41, 5.74) is 3.98. The Bertz CT molecular complexity index is 1260.